The van der Waals surface area contributed by atoms with E-state index in [9.17, 15) is 9.59 Å². The second-order valence-electron chi connectivity index (χ2n) is 4.93. The fourth-order valence-electron chi connectivity index (χ4n) is 2.03. The predicted molar refractivity (Wildman–Crippen MR) is 87.3 cm³/mol. The van der Waals surface area contributed by atoms with Gasteiger partial charge in [-0.25, -0.2) is 0 Å². The van der Waals surface area contributed by atoms with E-state index in [-0.39, 0.29) is 11.6 Å². The number of carbonyl (C=O) groups excluding carboxylic acids is 2. The summed E-state index contributed by atoms with van der Waals surface area (Å²) in [6, 6.07) is 18.4. The van der Waals surface area contributed by atoms with E-state index in [1.54, 1.807) is 24.3 Å². The van der Waals surface area contributed by atoms with E-state index in [0.717, 1.165) is 0 Å². The zero-order valence-electron chi connectivity index (χ0n) is 12.4. The first-order valence-corrected chi connectivity index (χ1v) is 7.35. The second kappa shape index (κ2) is 8.87. The molecule has 0 saturated carbocycles. The minimum Gasteiger partial charge on any atom is -0.308 e. The van der Waals surface area contributed by atoms with Crippen molar-refractivity contribution < 1.29 is 9.59 Å². The van der Waals surface area contributed by atoms with Crippen LogP contribution < -0.4 is 10.6 Å². The number of hydrogen-bond acceptors (Lipinski definition) is 4. The van der Waals surface area contributed by atoms with Gasteiger partial charge < -0.3 is 10.6 Å². The van der Waals surface area contributed by atoms with Crippen LogP contribution in [-0.4, -0.2) is 37.7 Å². The molecule has 22 heavy (non-hydrogen) atoms. The van der Waals surface area contributed by atoms with Crippen LogP contribution in [0.4, 0.5) is 0 Å². The van der Waals surface area contributed by atoms with Crippen molar-refractivity contribution in [2.75, 3.05) is 26.2 Å². The van der Waals surface area contributed by atoms with Gasteiger partial charge in [0, 0.05) is 24.2 Å². The lowest BCUT2D eigenvalue weighted by molar-refractivity contribution is 0.0979. The van der Waals surface area contributed by atoms with Crippen LogP contribution in [0.15, 0.2) is 60.7 Å². The fourth-order valence-corrected chi connectivity index (χ4v) is 2.03. The SMILES string of the molecule is O=C(CNCCNCC(=O)c1ccccc1)c1ccccc1. The van der Waals surface area contributed by atoms with E-state index in [2.05, 4.69) is 10.6 Å². The molecule has 0 aliphatic rings. The van der Waals surface area contributed by atoms with Crippen LogP contribution in [0.2, 0.25) is 0 Å². The third kappa shape index (κ3) is 5.24. The van der Waals surface area contributed by atoms with Gasteiger partial charge in [-0.3, -0.25) is 9.59 Å². The van der Waals surface area contributed by atoms with Gasteiger partial charge in [-0.05, 0) is 0 Å². The Morgan fingerprint density at radius 1 is 0.636 bits per heavy atom. The first kappa shape index (κ1) is 16.1. The van der Waals surface area contributed by atoms with E-state index in [4.69, 9.17) is 0 Å². The van der Waals surface area contributed by atoms with Gasteiger partial charge in [-0.1, -0.05) is 60.7 Å². The number of ketones is 2. The van der Waals surface area contributed by atoms with Gasteiger partial charge in [0.15, 0.2) is 11.6 Å². The molecule has 0 heterocycles. The minimum absolute atomic E-state index is 0.0703. The van der Waals surface area contributed by atoms with Crippen molar-refractivity contribution in [2.24, 2.45) is 0 Å². The van der Waals surface area contributed by atoms with Gasteiger partial charge in [-0.2, -0.15) is 0 Å². The standard InChI is InChI=1S/C18H20N2O2/c21-17(15-7-3-1-4-8-15)13-19-11-12-20-14-18(22)16-9-5-2-6-10-16/h1-10,19-20H,11-14H2. The van der Waals surface area contributed by atoms with Crippen molar-refractivity contribution in [1.82, 2.24) is 10.6 Å². The molecule has 2 rings (SSSR count). The third-order valence-electron chi connectivity index (χ3n) is 3.24. The molecule has 114 valence electrons. The molecule has 0 aromatic heterocycles. The largest absolute Gasteiger partial charge is 0.308 e. The van der Waals surface area contributed by atoms with Crippen molar-refractivity contribution >= 4 is 11.6 Å². The zero-order valence-corrected chi connectivity index (χ0v) is 12.4. The summed E-state index contributed by atoms with van der Waals surface area (Å²) in [5.74, 6) is 0.141. The zero-order chi connectivity index (χ0) is 15.6. The summed E-state index contributed by atoms with van der Waals surface area (Å²) in [6.45, 7) is 1.89. The van der Waals surface area contributed by atoms with Gasteiger partial charge >= 0.3 is 0 Å². The van der Waals surface area contributed by atoms with E-state index in [1.165, 1.54) is 0 Å². The van der Waals surface area contributed by atoms with Gasteiger partial charge in [-0.15, -0.1) is 0 Å². The van der Waals surface area contributed by atoms with E-state index in [0.29, 0.717) is 37.3 Å². The summed E-state index contributed by atoms with van der Waals surface area (Å²) in [7, 11) is 0. The molecule has 0 aliphatic heterocycles. The minimum atomic E-state index is 0.0703. The molecule has 0 fully saturated rings. The van der Waals surface area contributed by atoms with Crippen LogP contribution in [0.1, 0.15) is 20.7 Å². The molecule has 0 aliphatic carbocycles. The highest BCUT2D eigenvalue weighted by atomic mass is 16.1. The maximum atomic E-state index is 11.8. The van der Waals surface area contributed by atoms with Crippen LogP contribution in [0.25, 0.3) is 0 Å². The molecule has 4 nitrogen and oxygen atoms in total. The Bertz CT molecular complexity index is 541. The number of Topliss-reactive ketones (excluding diaryl/α,β-unsaturated/α-hetero) is 2. The van der Waals surface area contributed by atoms with Gasteiger partial charge in [0.05, 0.1) is 13.1 Å². The lowest BCUT2D eigenvalue weighted by Crippen LogP contribution is -2.33. The highest BCUT2D eigenvalue weighted by Gasteiger charge is 2.05. The van der Waals surface area contributed by atoms with Crippen molar-refractivity contribution in [3.05, 3.63) is 71.8 Å². The molecule has 2 N–H and O–H groups in total. The lowest BCUT2D eigenvalue weighted by Gasteiger charge is -2.06. The van der Waals surface area contributed by atoms with Crippen LogP contribution in [0, 0.1) is 0 Å². The molecule has 0 bridgehead atoms. The van der Waals surface area contributed by atoms with E-state index in [1.807, 2.05) is 36.4 Å². The lowest BCUT2D eigenvalue weighted by atomic mass is 10.1. The summed E-state index contributed by atoms with van der Waals surface area (Å²) < 4.78 is 0. The van der Waals surface area contributed by atoms with E-state index >= 15 is 0 Å². The van der Waals surface area contributed by atoms with Crippen molar-refractivity contribution in [3.63, 3.8) is 0 Å². The summed E-state index contributed by atoms with van der Waals surface area (Å²) >= 11 is 0. The Hall–Kier alpha value is -2.30. The highest BCUT2D eigenvalue weighted by Crippen LogP contribution is 1.99. The molecule has 0 spiro atoms. The van der Waals surface area contributed by atoms with Crippen LogP contribution >= 0.6 is 0 Å². The van der Waals surface area contributed by atoms with Gasteiger partial charge in [0.2, 0.25) is 0 Å². The molecule has 0 amide bonds. The molecular formula is C18H20N2O2. The normalized spacial score (nSPS) is 10.4. The quantitative estimate of drug-likeness (QED) is 0.548. The Morgan fingerprint density at radius 2 is 1.00 bits per heavy atom. The monoisotopic (exact) mass is 296 g/mol. The number of nitrogens with one attached hydrogen (secondary N) is 2. The Balaban J connectivity index is 1.58. The molecule has 0 radical (unpaired) electrons. The smallest absolute Gasteiger partial charge is 0.176 e. The third-order valence-corrected chi connectivity index (χ3v) is 3.24. The maximum absolute atomic E-state index is 11.8. The topological polar surface area (TPSA) is 58.2 Å². The van der Waals surface area contributed by atoms with Crippen LogP contribution in [0.3, 0.4) is 0 Å². The van der Waals surface area contributed by atoms with Gasteiger partial charge in [0.1, 0.15) is 0 Å². The Morgan fingerprint density at radius 3 is 1.36 bits per heavy atom. The molecule has 4 heteroatoms. The predicted octanol–water partition coefficient (Wildman–Crippen LogP) is 1.93. The van der Waals surface area contributed by atoms with Crippen molar-refractivity contribution in [2.45, 2.75) is 0 Å². The summed E-state index contributed by atoms with van der Waals surface area (Å²) in [4.78, 5) is 23.7. The molecule has 0 unspecified atom stereocenters. The molecule has 0 saturated heterocycles. The van der Waals surface area contributed by atoms with Crippen LogP contribution in [-0.2, 0) is 0 Å². The molecular weight excluding hydrogens is 276 g/mol. The fraction of sp³-hybridized carbons (Fsp3) is 0.222. The first-order valence-electron chi connectivity index (χ1n) is 7.35. The average molecular weight is 296 g/mol. The summed E-state index contributed by atoms with van der Waals surface area (Å²) in [6.07, 6.45) is 0. The Kier molecular flexibility index (Phi) is 6.48. The molecule has 0 atom stereocenters. The molecule has 2 aromatic carbocycles. The van der Waals surface area contributed by atoms with E-state index < -0.39 is 0 Å². The van der Waals surface area contributed by atoms with Gasteiger partial charge in [0.25, 0.3) is 0 Å². The first-order chi connectivity index (χ1) is 10.8. The van der Waals surface area contributed by atoms with Crippen molar-refractivity contribution in [1.29, 1.82) is 0 Å². The number of carbonyl (C=O) groups is 2. The second-order valence-corrected chi connectivity index (χ2v) is 4.93. The highest BCUT2D eigenvalue weighted by molar-refractivity contribution is 5.98. The Labute approximate surface area is 130 Å². The number of benzene rings is 2. The maximum Gasteiger partial charge on any atom is 0.176 e. The summed E-state index contributed by atoms with van der Waals surface area (Å²) in [5, 5.41) is 6.15. The van der Waals surface area contributed by atoms with Crippen LogP contribution in [0.5, 0.6) is 0 Å². The van der Waals surface area contributed by atoms with Crippen molar-refractivity contribution in [3.8, 4) is 0 Å². The summed E-state index contributed by atoms with van der Waals surface area (Å²) in [5.41, 5.74) is 1.42. The number of hydrogen-bond donors (Lipinski definition) is 2. The molecule has 2 aromatic rings. The average Bonchev–Trinajstić information content (AvgIpc) is 2.59. The number of rotatable bonds is 9.